The van der Waals surface area contributed by atoms with Crippen molar-refractivity contribution in [2.75, 3.05) is 13.2 Å². The molecule has 2 saturated carbocycles. The van der Waals surface area contributed by atoms with E-state index in [0.29, 0.717) is 6.04 Å². The molecule has 0 aromatic rings. The van der Waals surface area contributed by atoms with E-state index in [0.717, 1.165) is 25.0 Å². The second kappa shape index (κ2) is 8.53. The number of ether oxygens (including phenoxy) is 1. The third kappa shape index (κ3) is 4.45. The molecule has 0 aliphatic heterocycles. The van der Waals surface area contributed by atoms with Crippen molar-refractivity contribution in [2.24, 2.45) is 11.8 Å². The Morgan fingerprint density at radius 1 is 1.00 bits per heavy atom. The zero-order chi connectivity index (χ0) is 15.1. The SMILES string of the molecule is CCNC(C1CCC(C)CC1)C1(OCC)CCCCCC1. The predicted octanol–water partition coefficient (Wildman–Crippen LogP) is 4.92. The predicted molar refractivity (Wildman–Crippen MR) is 90.6 cm³/mol. The molecule has 0 bridgehead atoms. The first-order chi connectivity index (χ1) is 10.2. The molecule has 2 aliphatic carbocycles. The molecule has 1 unspecified atom stereocenters. The van der Waals surface area contributed by atoms with Gasteiger partial charge in [-0.05, 0) is 51.0 Å². The van der Waals surface area contributed by atoms with Crippen LogP contribution in [-0.4, -0.2) is 24.8 Å². The lowest BCUT2D eigenvalue weighted by Crippen LogP contribution is -2.56. The van der Waals surface area contributed by atoms with Crippen LogP contribution in [0, 0.1) is 11.8 Å². The number of nitrogens with one attached hydrogen (secondary N) is 1. The molecule has 1 atom stereocenters. The summed E-state index contributed by atoms with van der Waals surface area (Å²) >= 11 is 0. The van der Waals surface area contributed by atoms with Gasteiger partial charge in [0, 0.05) is 12.6 Å². The average molecular weight is 296 g/mol. The fraction of sp³-hybridized carbons (Fsp3) is 1.00. The summed E-state index contributed by atoms with van der Waals surface area (Å²) in [5, 5.41) is 3.87. The lowest BCUT2D eigenvalue weighted by molar-refractivity contribution is -0.0939. The van der Waals surface area contributed by atoms with Gasteiger partial charge < -0.3 is 10.1 Å². The quantitative estimate of drug-likeness (QED) is 0.702. The van der Waals surface area contributed by atoms with Crippen LogP contribution in [0.2, 0.25) is 0 Å². The van der Waals surface area contributed by atoms with Crippen molar-refractivity contribution in [1.29, 1.82) is 0 Å². The Bertz CT molecular complexity index is 275. The van der Waals surface area contributed by atoms with E-state index < -0.39 is 0 Å². The van der Waals surface area contributed by atoms with Gasteiger partial charge in [0.2, 0.25) is 0 Å². The van der Waals surface area contributed by atoms with Gasteiger partial charge in [-0.3, -0.25) is 0 Å². The molecule has 124 valence electrons. The highest BCUT2D eigenvalue weighted by Gasteiger charge is 2.43. The summed E-state index contributed by atoms with van der Waals surface area (Å²) in [4.78, 5) is 0. The van der Waals surface area contributed by atoms with Gasteiger partial charge >= 0.3 is 0 Å². The molecule has 0 amide bonds. The van der Waals surface area contributed by atoms with E-state index in [9.17, 15) is 0 Å². The smallest absolute Gasteiger partial charge is 0.0837 e. The van der Waals surface area contributed by atoms with E-state index in [4.69, 9.17) is 4.74 Å². The second-order valence-electron chi connectivity index (χ2n) is 7.47. The van der Waals surface area contributed by atoms with Gasteiger partial charge in [-0.25, -0.2) is 0 Å². The first-order valence-corrected chi connectivity index (χ1v) is 9.59. The molecule has 21 heavy (non-hydrogen) atoms. The maximum atomic E-state index is 6.48. The van der Waals surface area contributed by atoms with Crippen LogP contribution in [0.4, 0.5) is 0 Å². The standard InChI is InChI=1S/C19H37NO/c1-4-20-18(17-12-10-16(3)11-13-17)19(21-5-2)14-8-6-7-9-15-19/h16-18,20H,4-15H2,1-3H3. The Morgan fingerprint density at radius 3 is 2.14 bits per heavy atom. The molecule has 2 nitrogen and oxygen atoms in total. The van der Waals surface area contributed by atoms with Crippen LogP contribution in [0.5, 0.6) is 0 Å². The van der Waals surface area contributed by atoms with Crippen molar-refractivity contribution in [1.82, 2.24) is 5.32 Å². The minimum atomic E-state index is 0.118. The normalized spacial score (nSPS) is 31.6. The summed E-state index contributed by atoms with van der Waals surface area (Å²) in [6.07, 6.45) is 13.7. The van der Waals surface area contributed by atoms with E-state index in [1.807, 2.05) is 0 Å². The Labute approximate surface area is 132 Å². The monoisotopic (exact) mass is 295 g/mol. The van der Waals surface area contributed by atoms with E-state index in [2.05, 4.69) is 26.1 Å². The van der Waals surface area contributed by atoms with Gasteiger partial charge in [0.05, 0.1) is 5.60 Å². The van der Waals surface area contributed by atoms with Crippen molar-refractivity contribution >= 4 is 0 Å². The highest BCUT2D eigenvalue weighted by Crippen LogP contribution is 2.41. The zero-order valence-corrected chi connectivity index (χ0v) is 14.6. The molecule has 0 radical (unpaired) electrons. The van der Waals surface area contributed by atoms with E-state index >= 15 is 0 Å². The van der Waals surface area contributed by atoms with Gasteiger partial charge in [-0.2, -0.15) is 0 Å². The van der Waals surface area contributed by atoms with Crippen LogP contribution < -0.4 is 5.32 Å². The average Bonchev–Trinajstić information content (AvgIpc) is 2.73. The third-order valence-corrected chi connectivity index (χ3v) is 5.90. The van der Waals surface area contributed by atoms with Crippen LogP contribution in [-0.2, 0) is 4.74 Å². The summed E-state index contributed by atoms with van der Waals surface area (Å²) in [6.45, 7) is 8.80. The van der Waals surface area contributed by atoms with E-state index in [1.165, 1.54) is 64.2 Å². The zero-order valence-electron chi connectivity index (χ0n) is 14.6. The second-order valence-corrected chi connectivity index (χ2v) is 7.47. The van der Waals surface area contributed by atoms with Gasteiger partial charge in [-0.1, -0.05) is 52.4 Å². The van der Waals surface area contributed by atoms with Gasteiger partial charge in [-0.15, -0.1) is 0 Å². The van der Waals surface area contributed by atoms with Crippen molar-refractivity contribution in [3.63, 3.8) is 0 Å². The lowest BCUT2D eigenvalue weighted by Gasteiger charge is -2.46. The first kappa shape index (κ1) is 17.3. The fourth-order valence-corrected chi connectivity index (χ4v) is 4.78. The van der Waals surface area contributed by atoms with Crippen molar-refractivity contribution < 1.29 is 4.74 Å². The molecular formula is C19H37NO. The maximum Gasteiger partial charge on any atom is 0.0837 e. The Hall–Kier alpha value is -0.0800. The highest BCUT2D eigenvalue weighted by molar-refractivity contribution is 4.99. The Morgan fingerprint density at radius 2 is 1.62 bits per heavy atom. The third-order valence-electron chi connectivity index (χ3n) is 5.90. The van der Waals surface area contributed by atoms with Crippen molar-refractivity contribution in [2.45, 2.75) is 96.6 Å². The number of rotatable bonds is 6. The topological polar surface area (TPSA) is 21.3 Å². The number of hydrogen-bond acceptors (Lipinski definition) is 2. The highest BCUT2D eigenvalue weighted by atomic mass is 16.5. The summed E-state index contributed by atoms with van der Waals surface area (Å²) in [5.41, 5.74) is 0.118. The Kier molecular flexibility index (Phi) is 7.01. The van der Waals surface area contributed by atoms with Crippen LogP contribution in [0.1, 0.15) is 85.0 Å². The molecular weight excluding hydrogens is 258 g/mol. The number of likely N-dealkylation sites (N-methyl/N-ethyl adjacent to an activating group) is 1. The summed E-state index contributed by atoms with van der Waals surface area (Å²) in [5.74, 6) is 1.76. The van der Waals surface area contributed by atoms with Crippen molar-refractivity contribution in [3.8, 4) is 0 Å². The molecule has 0 aromatic carbocycles. The largest absolute Gasteiger partial charge is 0.374 e. The molecule has 0 saturated heterocycles. The lowest BCUT2D eigenvalue weighted by atomic mass is 9.71. The maximum absolute atomic E-state index is 6.48. The molecule has 2 rings (SSSR count). The van der Waals surface area contributed by atoms with Gasteiger partial charge in [0.25, 0.3) is 0 Å². The molecule has 2 aliphatic rings. The van der Waals surface area contributed by atoms with Gasteiger partial charge in [0.1, 0.15) is 0 Å². The van der Waals surface area contributed by atoms with Crippen LogP contribution in [0.15, 0.2) is 0 Å². The summed E-state index contributed by atoms with van der Waals surface area (Å²) in [6, 6.07) is 0.577. The molecule has 0 heterocycles. The molecule has 2 fully saturated rings. The van der Waals surface area contributed by atoms with E-state index in [1.54, 1.807) is 0 Å². The van der Waals surface area contributed by atoms with Crippen LogP contribution in [0.3, 0.4) is 0 Å². The van der Waals surface area contributed by atoms with E-state index in [-0.39, 0.29) is 5.60 Å². The first-order valence-electron chi connectivity index (χ1n) is 9.59. The van der Waals surface area contributed by atoms with Gasteiger partial charge in [0.15, 0.2) is 0 Å². The fourth-order valence-electron chi connectivity index (χ4n) is 4.78. The molecule has 1 N–H and O–H groups in total. The summed E-state index contributed by atoms with van der Waals surface area (Å²) < 4.78 is 6.48. The molecule has 0 aromatic heterocycles. The summed E-state index contributed by atoms with van der Waals surface area (Å²) in [7, 11) is 0. The molecule has 2 heteroatoms. The Balaban J connectivity index is 2.14. The number of hydrogen-bond donors (Lipinski definition) is 1. The minimum absolute atomic E-state index is 0.118. The molecule has 0 spiro atoms. The van der Waals surface area contributed by atoms with Crippen LogP contribution >= 0.6 is 0 Å². The minimum Gasteiger partial charge on any atom is -0.374 e. The van der Waals surface area contributed by atoms with Crippen LogP contribution in [0.25, 0.3) is 0 Å². The van der Waals surface area contributed by atoms with Crippen molar-refractivity contribution in [3.05, 3.63) is 0 Å².